The van der Waals surface area contributed by atoms with E-state index in [0.717, 1.165) is 16.8 Å². The largest absolute Gasteiger partial charge is 0.416 e. The van der Waals surface area contributed by atoms with Crippen LogP contribution in [0.4, 0.5) is 13.2 Å². The molecule has 0 radical (unpaired) electrons. The minimum absolute atomic E-state index is 0.0615. The van der Waals surface area contributed by atoms with Gasteiger partial charge in [0.25, 0.3) is 11.5 Å². The van der Waals surface area contributed by atoms with Gasteiger partial charge in [-0.3, -0.25) is 14.2 Å². The summed E-state index contributed by atoms with van der Waals surface area (Å²) in [7, 11) is 0. The maximum atomic E-state index is 13.1. The predicted molar refractivity (Wildman–Crippen MR) is 117 cm³/mol. The number of nitrogens with zero attached hydrogens (tertiary/aromatic N) is 3. The first-order valence-electron chi connectivity index (χ1n) is 9.92. The summed E-state index contributed by atoms with van der Waals surface area (Å²) >= 11 is 5.89. The van der Waals surface area contributed by atoms with Crippen LogP contribution in [0.2, 0.25) is 5.02 Å². The average molecular weight is 481 g/mol. The summed E-state index contributed by atoms with van der Waals surface area (Å²) in [5.74, 6) is -0.711. The Balaban J connectivity index is 2.16. The van der Waals surface area contributed by atoms with Gasteiger partial charge in [0.2, 0.25) is 5.69 Å². The highest BCUT2D eigenvalue weighted by Crippen LogP contribution is 2.29. The number of carbonyl (C=O) groups is 1. The van der Waals surface area contributed by atoms with Crippen LogP contribution in [0.25, 0.3) is 5.69 Å². The van der Waals surface area contributed by atoms with Crippen LogP contribution in [0.3, 0.4) is 0 Å². The zero-order valence-corrected chi connectivity index (χ0v) is 18.4. The van der Waals surface area contributed by atoms with Crippen molar-refractivity contribution in [2.45, 2.75) is 26.6 Å². The number of hydrogen-bond donors (Lipinski definition) is 1. The molecule has 3 rings (SSSR count). The van der Waals surface area contributed by atoms with Crippen molar-refractivity contribution in [3.05, 3.63) is 91.2 Å². The van der Waals surface area contributed by atoms with Crippen LogP contribution in [0.5, 0.6) is 0 Å². The smallest absolute Gasteiger partial charge is 0.350 e. The van der Waals surface area contributed by atoms with E-state index in [9.17, 15) is 27.6 Å². The third kappa shape index (κ3) is 5.70. The molecule has 0 aliphatic heterocycles. The maximum absolute atomic E-state index is 13.1. The summed E-state index contributed by atoms with van der Waals surface area (Å²) in [5.41, 5.74) is -3.12. The third-order valence-corrected chi connectivity index (χ3v) is 4.86. The molecular weight excluding hydrogens is 461 g/mol. The van der Waals surface area contributed by atoms with Gasteiger partial charge >= 0.3 is 11.9 Å². The summed E-state index contributed by atoms with van der Waals surface area (Å²) in [6, 6.07) is 10.2. The first-order chi connectivity index (χ1) is 15.5. The lowest BCUT2D eigenvalue weighted by atomic mass is 10.1. The van der Waals surface area contributed by atoms with Crippen LogP contribution in [0, 0.1) is 5.92 Å². The van der Waals surface area contributed by atoms with E-state index in [1.165, 1.54) is 36.4 Å². The molecular formula is C22H20ClF3N4O3. The Kier molecular flexibility index (Phi) is 7.06. The summed E-state index contributed by atoms with van der Waals surface area (Å²) in [6.45, 7) is 3.48. The van der Waals surface area contributed by atoms with Crippen molar-refractivity contribution in [3.63, 3.8) is 0 Å². The van der Waals surface area contributed by atoms with Gasteiger partial charge in [-0.25, -0.2) is 4.79 Å². The Hall–Kier alpha value is -3.40. The molecule has 1 N–H and O–H groups in total. The molecule has 7 nitrogen and oxygen atoms in total. The van der Waals surface area contributed by atoms with Gasteiger partial charge in [0.15, 0.2) is 0 Å². The maximum Gasteiger partial charge on any atom is 0.416 e. The lowest BCUT2D eigenvalue weighted by Crippen LogP contribution is -2.46. The second-order valence-electron chi connectivity index (χ2n) is 7.71. The van der Waals surface area contributed by atoms with Crippen LogP contribution < -0.4 is 16.6 Å². The van der Waals surface area contributed by atoms with Gasteiger partial charge < -0.3 is 5.32 Å². The van der Waals surface area contributed by atoms with Crippen LogP contribution in [-0.4, -0.2) is 26.8 Å². The normalized spacial score (nSPS) is 11.6. The van der Waals surface area contributed by atoms with Gasteiger partial charge in [0.05, 0.1) is 17.8 Å². The van der Waals surface area contributed by atoms with Gasteiger partial charge in [0.1, 0.15) is 0 Å². The van der Waals surface area contributed by atoms with Gasteiger partial charge in [-0.05, 0) is 47.9 Å². The molecule has 33 heavy (non-hydrogen) atoms. The highest BCUT2D eigenvalue weighted by atomic mass is 35.5. The minimum Gasteiger partial charge on any atom is -0.350 e. The quantitative estimate of drug-likeness (QED) is 0.585. The first kappa shape index (κ1) is 24.2. The molecule has 174 valence electrons. The number of halogens is 4. The van der Waals surface area contributed by atoms with Crippen LogP contribution in [0.15, 0.2) is 58.1 Å². The second-order valence-corrected chi connectivity index (χ2v) is 8.15. The zero-order valence-electron chi connectivity index (χ0n) is 17.7. The van der Waals surface area contributed by atoms with E-state index in [4.69, 9.17) is 11.6 Å². The zero-order chi connectivity index (χ0) is 24.3. The number of rotatable bonds is 6. The molecule has 1 amide bonds. The fraction of sp³-hybridized carbons (Fsp3) is 0.273. The van der Waals surface area contributed by atoms with E-state index in [1.807, 2.05) is 13.8 Å². The number of aromatic nitrogens is 3. The molecule has 0 aliphatic carbocycles. The van der Waals surface area contributed by atoms with E-state index in [-0.39, 0.29) is 23.7 Å². The summed E-state index contributed by atoms with van der Waals surface area (Å²) in [6.07, 6.45) is -4.59. The number of nitrogens with one attached hydrogen (secondary N) is 1. The minimum atomic E-state index is -4.59. The fourth-order valence-electron chi connectivity index (χ4n) is 2.96. The molecule has 0 spiro atoms. The number of carbonyl (C=O) groups excluding carboxylic acids is 1. The molecule has 11 heteroatoms. The monoisotopic (exact) mass is 480 g/mol. The van der Waals surface area contributed by atoms with Crippen LogP contribution in [-0.2, 0) is 12.7 Å². The van der Waals surface area contributed by atoms with E-state index < -0.39 is 41.1 Å². The van der Waals surface area contributed by atoms with E-state index >= 15 is 0 Å². The topological polar surface area (TPSA) is 86.0 Å². The molecule has 0 saturated heterocycles. The second kappa shape index (κ2) is 9.62. The first-order valence-corrected chi connectivity index (χ1v) is 10.3. The lowest BCUT2D eigenvalue weighted by Gasteiger charge is -2.14. The summed E-state index contributed by atoms with van der Waals surface area (Å²) < 4.78 is 40.8. The molecule has 3 aromatic rings. The van der Waals surface area contributed by atoms with Crippen molar-refractivity contribution in [1.29, 1.82) is 0 Å². The highest BCUT2D eigenvalue weighted by Gasteiger charge is 2.30. The van der Waals surface area contributed by atoms with Gasteiger partial charge in [0, 0.05) is 11.6 Å². The predicted octanol–water partition coefficient (Wildman–Crippen LogP) is 3.50. The Morgan fingerprint density at radius 2 is 1.79 bits per heavy atom. The molecule has 0 unspecified atom stereocenters. The molecule has 1 aromatic heterocycles. The van der Waals surface area contributed by atoms with Crippen molar-refractivity contribution in [1.82, 2.24) is 19.7 Å². The van der Waals surface area contributed by atoms with Gasteiger partial charge in [-0.15, -0.1) is 0 Å². The van der Waals surface area contributed by atoms with E-state index in [1.54, 1.807) is 0 Å². The Labute approximate surface area is 191 Å². The Morgan fingerprint density at radius 3 is 2.39 bits per heavy atom. The van der Waals surface area contributed by atoms with E-state index in [2.05, 4.69) is 10.4 Å². The molecule has 0 aliphatic rings. The number of benzene rings is 2. The number of amides is 1. The molecule has 0 fully saturated rings. The number of hydrogen-bond acceptors (Lipinski definition) is 4. The van der Waals surface area contributed by atoms with Crippen LogP contribution >= 0.6 is 11.6 Å². The van der Waals surface area contributed by atoms with Gasteiger partial charge in [-0.2, -0.15) is 23.0 Å². The van der Waals surface area contributed by atoms with Crippen molar-refractivity contribution in [3.8, 4) is 5.69 Å². The summed E-state index contributed by atoms with van der Waals surface area (Å²) in [5, 5.41) is 6.90. The van der Waals surface area contributed by atoms with Crippen molar-refractivity contribution in [2.75, 3.05) is 6.54 Å². The molecule has 0 saturated carbocycles. The Bertz CT molecular complexity index is 1280. The molecule has 2 aromatic carbocycles. The fourth-order valence-corrected chi connectivity index (χ4v) is 3.08. The lowest BCUT2D eigenvalue weighted by molar-refractivity contribution is -0.137. The average Bonchev–Trinajstić information content (AvgIpc) is 2.75. The Morgan fingerprint density at radius 1 is 1.12 bits per heavy atom. The number of alkyl halides is 3. The third-order valence-electron chi connectivity index (χ3n) is 4.61. The molecule has 0 atom stereocenters. The van der Waals surface area contributed by atoms with E-state index in [0.29, 0.717) is 9.59 Å². The van der Waals surface area contributed by atoms with Crippen molar-refractivity contribution in [2.24, 2.45) is 5.92 Å². The molecule has 1 heterocycles. The standard InChI is InChI=1S/C22H20ClF3N4O3/c1-13(2)11-27-19(31)18-20(32)29(12-14-4-3-5-15(10-14)22(24,25)26)21(33)30(28-18)17-8-6-16(23)7-9-17/h3-10,13H,11-12H2,1-2H3,(H,27,31). The molecule has 0 bridgehead atoms. The van der Waals surface area contributed by atoms with Crippen LogP contribution in [0.1, 0.15) is 35.5 Å². The summed E-state index contributed by atoms with van der Waals surface area (Å²) in [4.78, 5) is 38.7. The van der Waals surface area contributed by atoms with Crippen molar-refractivity contribution >= 4 is 17.5 Å². The van der Waals surface area contributed by atoms with Gasteiger partial charge in [-0.1, -0.05) is 37.6 Å². The highest BCUT2D eigenvalue weighted by molar-refractivity contribution is 6.30. The van der Waals surface area contributed by atoms with Crippen molar-refractivity contribution < 1.29 is 18.0 Å². The SMILES string of the molecule is CC(C)CNC(=O)c1nn(-c2ccc(Cl)cc2)c(=O)n(Cc2cccc(C(F)(F)F)c2)c1=O.